The Balaban J connectivity index is 1.61. The SMILES string of the molecule is CC1(C=O)CCC2(C(=O)O)CCC3(C)C(=CCC4C5(C)CC(O)C(O)C(C)(C)C5CCC43C)C2C1. The first-order valence-corrected chi connectivity index (χ1v) is 13.9. The summed E-state index contributed by atoms with van der Waals surface area (Å²) in [4.78, 5) is 24.8. The molecular weight excluding hydrogens is 440 g/mol. The second-order valence-corrected chi connectivity index (χ2v) is 14.8. The van der Waals surface area contributed by atoms with E-state index in [1.54, 1.807) is 0 Å². The van der Waals surface area contributed by atoms with Gasteiger partial charge in [0, 0.05) is 5.41 Å². The largest absolute Gasteiger partial charge is 0.481 e. The van der Waals surface area contributed by atoms with Crippen LogP contribution in [0, 0.1) is 50.2 Å². The van der Waals surface area contributed by atoms with Crippen molar-refractivity contribution in [1.82, 2.24) is 0 Å². The Morgan fingerprint density at radius 3 is 2.23 bits per heavy atom. The minimum Gasteiger partial charge on any atom is -0.481 e. The number of rotatable bonds is 2. The second kappa shape index (κ2) is 7.43. The lowest BCUT2D eigenvalue weighted by Crippen LogP contribution is -2.67. The molecule has 0 aliphatic heterocycles. The molecule has 0 radical (unpaired) electrons. The second-order valence-electron chi connectivity index (χ2n) is 14.8. The smallest absolute Gasteiger partial charge is 0.310 e. The van der Waals surface area contributed by atoms with Crippen LogP contribution < -0.4 is 0 Å². The molecule has 0 bridgehead atoms. The topological polar surface area (TPSA) is 94.8 Å². The van der Waals surface area contributed by atoms with Crippen LogP contribution in [0.3, 0.4) is 0 Å². The number of aliphatic hydroxyl groups is 2. The van der Waals surface area contributed by atoms with E-state index in [9.17, 15) is 24.9 Å². The van der Waals surface area contributed by atoms with Crippen molar-refractivity contribution in [1.29, 1.82) is 0 Å². The van der Waals surface area contributed by atoms with Crippen molar-refractivity contribution in [3.8, 4) is 0 Å². The van der Waals surface area contributed by atoms with Crippen LogP contribution in [0.15, 0.2) is 11.6 Å². The van der Waals surface area contributed by atoms with E-state index in [1.807, 2.05) is 6.92 Å². The van der Waals surface area contributed by atoms with Gasteiger partial charge in [0.25, 0.3) is 0 Å². The maximum Gasteiger partial charge on any atom is 0.310 e. The molecule has 10 atom stereocenters. The Kier molecular flexibility index (Phi) is 5.40. The molecule has 196 valence electrons. The predicted octanol–water partition coefficient (Wildman–Crippen LogP) is 5.38. The molecule has 5 nitrogen and oxygen atoms in total. The van der Waals surface area contributed by atoms with Crippen molar-refractivity contribution in [3.05, 3.63) is 11.6 Å². The number of carbonyl (C=O) groups is 2. The Morgan fingerprint density at radius 1 is 0.943 bits per heavy atom. The standard InChI is InChI=1S/C30H46O5/c1-25(2)21-9-10-29(6)22(27(21,4)16-20(32)23(25)33)8-7-18-19-15-26(3,17-31)11-13-30(19,24(34)35)14-12-28(18,29)5/h7,17,19-23,32-33H,8-16H2,1-6H3,(H,34,35). The Hall–Kier alpha value is -1.20. The summed E-state index contributed by atoms with van der Waals surface area (Å²) in [5, 5.41) is 32.3. The van der Waals surface area contributed by atoms with Gasteiger partial charge in [0.1, 0.15) is 6.29 Å². The van der Waals surface area contributed by atoms with Gasteiger partial charge in [-0.3, -0.25) is 4.79 Å². The third-order valence-electron chi connectivity index (χ3n) is 13.1. The monoisotopic (exact) mass is 486 g/mol. The summed E-state index contributed by atoms with van der Waals surface area (Å²) in [6, 6.07) is 0. The summed E-state index contributed by atoms with van der Waals surface area (Å²) in [5.41, 5.74) is -0.497. The van der Waals surface area contributed by atoms with Gasteiger partial charge in [-0.15, -0.1) is 0 Å². The van der Waals surface area contributed by atoms with Crippen molar-refractivity contribution in [3.63, 3.8) is 0 Å². The molecule has 4 fully saturated rings. The molecule has 0 aromatic heterocycles. The van der Waals surface area contributed by atoms with Gasteiger partial charge in [-0.25, -0.2) is 0 Å². The van der Waals surface area contributed by atoms with Crippen LogP contribution >= 0.6 is 0 Å². The summed E-state index contributed by atoms with van der Waals surface area (Å²) in [5.74, 6) is -0.0873. The van der Waals surface area contributed by atoms with E-state index in [1.165, 1.54) is 5.57 Å². The number of hydrogen-bond acceptors (Lipinski definition) is 4. The Labute approximate surface area is 210 Å². The predicted molar refractivity (Wildman–Crippen MR) is 134 cm³/mol. The summed E-state index contributed by atoms with van der Waals surface area (Å²) in [6.07, 6.45) is 8.99. The fourth-order valence-electron chi connectivity index (χ4n) is 10.7. The molecule has 0 aromatic rings. The molecule has 0 heterocycles. The number of hydrogen-bond donors (Lipinski definition) is 3. The van der Waals surface area contributed by atoms with E-state index in [4.69, 9.17) is 0 Å². The third kappa shape index (κ3) is 3.00. The van der Waals surface area contributed by atoms with E-state index >= 15 is 0 Å². The maximum absolute atomic E-state index is 12.8. The Morgan fingerprint density at radius 2 is 1.60 bits per heavy atom. The van der Waals surface area contributed by atoms with Gasteiger partial charge < -0.3 is 20.1 Å². The highest BCUT2D eigenvalue weighted by Gasteiger charge is 2.70. The first-order valence-electron chi connectivity index (χ1n) is 13.9. The van der Waals surface area contributed by atoms with Gasteiger partial charge in [-0.1, -0.05) is 53.2 Å². The van der Waals surface area contributed by atoms with E-state index in [-0.39, 0.29) is 27.6 Å². The number of aliphatic hydroxyl groups excluding tert-OH is 2. The van der Waals surface area contributed by atoms with Gasteiger partial charge in [-0.05, 0) is 97.2 Å². The summed E-state index contributed by atoms with van der Waals surface area (Å²) in [6.45, 7) is 13.4. The van der Waals surface area contributed by atoms with Gasteiger partial charge in [-0.2, -0.15) is 0 Å². The molecule has 0 aromatic carbocycles. The summed E-state index contributed by atoms with van der Waals surface area (Å²) >= 11 is 0. The summed E-state index contributed by atoms with van der Waals surface area (Å²) in [7, 11) is 0. The minimum atomic E-state index is -0.759. The minimum absolute atomic E-state index is 0.0138. The first kappa shape index (κ1) is 25.4. The van der Waals surface area contributed by atoms with Gasteiger partial charge in [0.05, 0.1) is 17.6 Å². The van der Waals surface area contributed by atoms with Crippen molar-refractivity contribution < 1.29 is 24.9 Å². The molecule has 5 aliphatic carbocycles. The molecule has 10 unspecified atom stereocenters. The zero-order chi connectivity index (χ0) is 25.8. The quantitative estimate of drug-likeness (QED) is 0.360. The van der Waals surface area contributed by atoms with Gasteiger partial charge >= 0.3 is 5.97 Å². The lowest BCUT2D eigenvalue weighted by molar-refractivity contribution is -0.231. The molecule has 35 heavy (non-hydrogen) atoms. The number of carbonyl (C=O) groups excluding carboxylic acids is 1. The fourth-order valence-corrected chi connectivity index (χ4v) is 10.7. The average molecular weight is 487 g/mol. The van der Waals surface area contributed by atoms with Gasteiger partial charge in [0.2, 0.25) is 0 Å². The van der Waals surface area contributed by atoms with Crippen LogP contribution in [0.1, 0.15) is 99.3 Å². The molecule has 3 N–H and O–H groups in total. The number of allylic oxidation sites excluding steroid dienone is 2. The molecule has 5 rings (SSSR count). The highest BCUT2D eigenvalue weighted by molar-refractivity contribution is 5.77. The van der Waals surface area contributed by atoms with Crippen LogP contribution in [0.4, 0.5) is 0 Å². The number of carboxylic acids is 1. The number of aliphatic carboxylic acids is 1. The lowest BCUT2D eigenvalue weighted by atomic mass is 9.33. The van der Waals surface area contributed by atoms with E-state index in [0.717, 1.165) is 32.0 Å². The third-order valence-corrected chi connectivity index (χ3v) is 13.1. The molecule has 0 saturated heterocycles. The van der Waals surface area contributed by atoms with Gasteiger partial charge in [0.15, 0.2) is 0 Å². The molecule has 5 aliphatic rings. The van der Waals surface area contributed by atoms with Crippen LogP contribution in [-0.4, -0.2) is 39.8 Å². The molecule has 0 amide bonds. The zero-order valence-electron chi connectivity index (χ0n) is 22.6. The molecule has 5 heteroatoms. The number of fused-ring (bicyclic) bond motifs is 7. The molecular formula is C30H46O5. The molecule has 0 spiro atoms. The average Bonchev–Trinajstić information content (AvgIpc) is 2.78. The van der Waals surface area contributed by atoms with E-state index in [0.29, 0.717) is 43.9 Å². The van der Waals surface area contributed by atoms with Crippen LogP contribution in [0.2, 0.25) is 0 Å². The Bertz CT molecular complexity index is 970. The first-order chi connectivity index (χ1) is 16.1. The highest BCUT2D eigenvalue weighted by Crippen LogP contribution is 2.75. The van der Waals surface area contributed by atoms with Crippen LogP contribution in [0.25, 0.3) is 0 Å². The van der Waals surface area contributed by atoms with Crippen molar-refractivity contribution in [2.45, 2.75) is 112 Å². The van der Waals surface area contributed by atoms with E-state index in [2.05, 4.69) is 40.7 Å². The summed E-state index contributed by atoms with van der Waals surface area (Å²) < 4.78 is 0. The fraction of sp³-hybridized carbons (Fsp3) is 0.867. The lowest BCUT2D eigenvalue weighted by Gasteiger charge is -2.71. The number of carboxylic acid groups (broad SMARTS) is 1. The van der Waals surface area contributed by atoms with Crippen molar-refractivity contribution in [2.75, 3.05) is 0 Å². The zero-order valence-corrected chi connectivity index (χ0v) is 22.6. The van der Waals surface area contributed by atoms with Crippen LogP contribution in [0.5, 0.6) is 0 Å². The van der Waals surface area contributed by atoms with Crippen LogP contribution in [-0.2, 0) is 9.59 Å². The van der Waals surface area contributed by atoms with Crippen molar-refractivity contribution >= 4 is 12.3 Å². The highest BCUT2D eigenvalue weighted by atomic mass is 16.4. The molecule has 4 saturated carbocycles. The normalized spacial score (nSPS) is 54.9. The van der Waals surface area contributed by atoms with Crippen molar-refractivity contribution in [2.24, 2.45) is 50.2 Å². The number of aldehydes is 1. The van der Waals surface area contributed by atoms with E-state index < -0.39 is 29.0 Å². The maximum atomic E-state index is 12.8.